The second kappa shape index (κ2) is 4.91. The van der Waals surface area contributed by atoms with Crippen LogP contribution in [0, 0.1) is 13.8 Å². The Labute approximate surface area is 113 Å². The molecule has 0 aliphatic carbocycles. The lowest BCUT2D eigenvalue weighted by Crippen LogP contribution is -2.12. The van der Waals surface area contributed by atoms with Crippen LogP contribution in [0.5, 0.6) is 0 Å². The zero-order valence-electron chi connectivity index (χ0n) is 10.9. The molecule has 0 radical (unpaired) electrons. The summed E-state index contributed by atoms with van der Waals surface area (Å²) in [4.78, 5) is 2.08. The second-order valence-electron chi connectivity index (χ2n) is 4.55. The summed E-state index contributed by atoms with van der Waals surface area (Å²) in [6.07, 6.45) is 0. The molecule has 0 heterocycles. The van der Waals surface area contributed by atoms with E-state index in [1.807, 2.05) is 19.2 Å². The Kier molecular flexibility index (Phi) is 3.48. The van der Waals surface area contributed by atoms with Crippen LogP contribution in [0.2, 0.25) is 5.02 Å². The minimum Gasteiger partial charge on any atom is -0.397 e. The molecule has 0 fully saturated rings. The highest BCUT2D eigenvalue weighted by Gasteiger charge is 2.10. The summed E-state index contributed by atoms with van der Waals surface area (Å²) in [5.74, 6) is 0. The molecule has 3 heteroatoms. The SMILES string of the molecule is Cc1ccc(N(C)c2ccc(Cl)cc2N)c(C)c1. The van der Waals surface area contributed by atoms with Crippen molar-refractivity contribution >= 4 is 28.7 Å². The summed E-state index contributed by atoms with van der Waals surface area (Å²) in [6, 6.07) is 11.9. The van der Waals surface area contributed by atoms with Crippen LogP contribution in [0.15, 0.2) is 36.4 Å². The van der Waals surface area contributed by atoms with E-state index in [1.165, 1.54) is 11.1 Å². The third-order valence-electron chi connectivity index (χ3n) is 3.06. The molecule has 94 valence electrons. The Morgan fingerprint density at radius 1 is 1.00 bits per heavy atom. The second-order valence-corrected chi connectivity index (χ2v) is 4.99. The van der Waals surface area contributed by atoms with Gasteiger partial charge in [0.2, 0.25) is 0 Å². The number of hydrogen-bond acceptors (Lipinski definition) is 2. The van der Waals surface area contributed by atoms with Crippen molar-refractivity contribution in [1.82, 2.24) is 0 Å². The first-order valence-electron chi connectivity index (χ1n) is 5.85. The Morgan fingerprint density at radius 2 is 1.67 bits per heavy atom. The molecule has 0 saturated carbocycles. The van der Waals surface area contributed by atoms with E-state index in [0.29, 0.717) is 10.7 Å². The van der Waals surface area contributed by atoms with Gasteiger partial charge in [0.15, 0.2) is 0 Å². The van der Waals surface area contributed by atoms with Crippen LogP contribution >= 0.6 is 11.6 Å². The van der Waals surface area contributed by atoms with Crippen molar-refractivity contribution in [2.75, 3.05) is 17.7 Å². The highest BCUT2D eigenvalue weighted by atomic mass is 35.5. The predicted octanol–water partition coefficient (Wildman–Crippen LogP) is 4.31. The molecular formula is C15H17ClN2. The Morgan fingerprint density at radius 3 is 2.28 bits per heavy atom. The van der Waals surface area contributed by atoms with E-state index < -0.39 is 0 Å². The van der Waals surface area contributed by atoms with Gasteiger partial charge in [0, 0.05) is 17.8 Å². The topological polar surface area (TPSA) is 29.3 Å². The van der Waals surface area contributed by atoms with Crippen LogP contribution in [0.25, 0.3) is 0 Å². The minimum atomic E-state index is 0.658. The summed E-state index contributed by atoms with van der Waals surface area (Å²) in [7, 11) is 2.01. The lowest BCUT2D eigenvalue weighted by atomic mass is 10.1. The third-order valence-corrected chi connectivity index (χ3v) is 3.30. The average Bonchev–Trinajstić information content (AvgIpc) is 2.28. The average molecular weight is 261 g/mol. The number of nitrogen functional groups attached to an aromatic ring is 1. The van der Waals surface area contributed by atoms with Crippen molar-refractivity contribution in [3.05, 3.63) is 52.5 Å². The number of benzene rings is 2. The fraction of sp³-hybridized carbons (Fsp3) is 0.200. The lowest BCUT2D eigenvalue weighted by Gasteiger charge is -2.23. The molecule has 0 aliphatic heterocycles. The first-order valence-corrected chi connectivity index (χ1v) is 6.23. The van der Waals surface area contributed by atoms with Gasteiger partial charge in [-0.3, -0.25) is 0 Å². The van der Waals surface area contributed by atoms with Crippen LogP contribution in [0.1, 0.15) is 11.1 Å². The van der Waals surface area contributed by atoms with E-state index >= 15 is 0 Å². The van der Waals surface area contributed by atoms with E-state index in [-0.39, 0.29) is 0 Å². The van der Waals surface area contributed by atoms with Crippen LogP contribution in [0.3, 0.4) is 0 Å². The van der Waals surface area contributed by atoms with Gasteiger partial charge in [-0.1, -0.05) is 29.3 Å². The maximum Gasteiger partial charge on any atom is 0.0642 e. The Hall–Kier alpha value is -1.67. The molecule has 0 atom stereocenters. The molecule has 18 heavy (non-hydrogen) atoms. The molecule has 2 aromatic carbocycles. The summed E-state index contributed by atoms with van der Waals surface area (Å²) >= 11 is 5.92. The smallest absolute Gasteiger partial charge is 0.0642 e. The molecule has 2 rings (SSSR count). The summed E-state index contributed by atoms with van der Waals surface area (Å²) in [5.41, 5.74) is 11.3. The number of hydrogen-bond donors (Lipinski definition) is 1. The highest BCUT2D eigenvalue weighted by Crippen LogP contribution is 2.32. The molecule has 0 amide bonds. The summed E-state index contributed by atoms with van der Waals surface area (Å²) in [5, 5.41) is 0.658. The number of anilines is 3. The van der Waals surface area contributed by atoms with Crippen LogP contribution in [-0.2, 0) is 0 Å². The van der Waals surface area contributed by atoms with Crippen molar-refractivity contribution in [1.29, 1.82) is 0 Å². The normalized spacial score (nSPS) is 10.4. The molecule has 0 bridgehead atoms. The van der Waals surface area contributed by atoms with E-state index in [0.717, 1.165) is 11.4 Å². The van der Waals surface area contributed by atoms with Gasteiger partial charge in [0.1, 0.15) is 0 Å². The Bertz CT molecular complexity index is 527. The number of rotatable bonds is 2. The van der Waals surface area contributed by atoms with E-state index in [4.69, 9.17) is 17.3 Å². The summed E-state index contributed by atoms with van der Waals surface area (Å²) in [6.45, 7) is 4.19. The minimum absolute atomic E-state index is 0.658. The van der Waals surface area contributed by atoms with Gasteiger partial charge in [-0.15, -0.1) is 0 Å². The van der Waals surface area contributed by atoms with Gasteiger partial charge >= 0.3 is 0 Å². The molecular weight excluding hydrogens is 244 g/mol. The highest BCUT2D eigenvalue weighted by molar-refractivity contribution is 6.31. The van der Waals surface area contributed by atoms with Crippen molar-refractivity contribution in [2.24, 2.45) is 0 Å². The van der Waals surface area contributed by atoms with E-state index in [1.54, 1.807) is 6.07 Å². The maximum absolute atomic E-state index is 6.01. The number of halogens is 1. The first-order chi connectivity index (χ1) is 8.49. The largest absolute Gasteiger partial charge is 0.397 e. The van der Waals surface area contributed by atoms with Gasteiger partial charge in [-0.05, 0) is 43.7 Å². The van der Waals surface area contributed by atoms with Gasteiger partial charge in [0.05, 0.1) is 11.4 Å². The fourth-order valence-corrected chi connectivity index (χ4v) is 2.32. The van der Waals surface area contributed by atoms with Gasteiger partial charge in [-0.25, -0.2) is 0 Å². The van der Waals surface area contributed by atoms with Crippen molar-refractivity contribution < 1.29 is 0 Å². The van der Waals surface area contributed by atoms with Crippen LogP contribution in [-0.4, -0.2) is 7.05 Å². The zero-order valence-corrected chi connectivity index (χ0v) is 11.6. The molecule has 2 aromatic rings. The molecule has 0 saturated heterocycles. The number of nitrogens with zero attached hydrogens (tertiary/aromatic N) is 1. The molecule has 0 unspecified atom stereocenters. The van der Waals surface area contributed by atoms with E-state index in [9.17, 15) is 0 Å². The predicted molar refractivity (Wildman–Crippen MR) is 79.8 cm³/mol. The first kappa shape index (κ1) is 12.8. The van der Waals surface area contributed by atoms with Crippen molar-refractivity contribution in [2.45, 2.75) is 13.8 Å². The standard InChI is InChI=1S/C15H17ClN2/c1-10-4-6-14(11(2)8-10)18(3)15-7-5-12(16)9-13(15)17/h4-9H,17H2,1-3H3. The number of nitrogens with two attached hydrogens (primary N) is 1. The van der Waals surface area contributed by atoms with Crippen molar-refractivity contribution in [3.8, 4) is 0 Å². The van der Waals surface area contributed by atoms with Gasteiger partial charge in [-0.2, -0.15) is 0 Å². The van der Waals surface area contributed by atoms with Gasteiger partial charge < -0.3 is 10.6 Å². The Balaban J connectivity index is 2.44. The number of aryl methyl sites for hydroxylation is 2. The fourth-order valence-electron chi connectivity index (χ4n) is 2.14. The lowest BCUT2D eigenvalue weighted by molar-refractivity contribution is 1.18. The quantitative estimate of drug-likeness (QED) is 0.816. The van der Waals surface area contributed by atoms with E-state index in [2.05, 4.69) is 36.9 Å². The van der Waals surface area contributed by atoms with Crippen LogP contribution < -0.4 is 10.6 Å². The van der Waals surface area contributed by atoms with Crippen molar-refractivity contribution in [3.63, 3.8) is 0 Å². The zero-order chi connectivity index (χ0) is 13.3. The molecule has 0 aromatic heterocycles. The summed E-state index contributed by atoms with van der Waals surface area (Å²) < 4.78 is 0. The van der Waals surface area contributed by atoms with Gasteiger partial charge in [0.25, 0.3) is 0 Å². The monoisotopic (exact) mass is 260 g/mol. The molecule has 0 aliphatic rings. The third kappa shape index (κ3) is 2.44. The molecule has 0 spiro atoms. The molecule has 2 nitrogen and oxygen atoms in total. The van der Waals surface area contributed by atoms with Crippen LogP contribution in [0.4, 0.5) is 17.1 Å². The molecule has 2 N–H and O–H groups in total. The maximum atomic E-state index is 6.01.